The van der Waals surface area contributed by atoms with Crippen molar-refractivity contribution in [1.29, 1.82) is 0 Å². The highest BCUT2D eigenvalue weighted by Gasteiger charge is 2.27. The highest BCUT2D eigenvalue weighted by atomic mass is 32.1. The maximum absolute atomic E-state index is 12.6. The molecule has 0 N–H and O–H groups in total. The fraction of sp³-hybridized carbons (Fsp3) is 0.286. The van der Waals surface area contributed by atoms with Crippen molar-refractivity contribution in [3.05, 3.63) is 34.8 Å². The molecule has 2 aromatic rings. The van der Waals surface area contributed by atoms with E-state index in [0.717, 1.165) is 4.88 Å². The lowest BCUT2D eigenvalue weighted by atomic mass is 10.1. The van der Waals surface area contributed by atoms with Crippen LogP contribution in [0.4, 0.5) is 0 Å². The number of aromatic nitrogens is 1. The van der Waals surface area contributed by atoms with Gasteiger partial charge >= 0.3 is 13.6 Å². The molecular weight excluding hydrogens is 325 g/mol. The second-order valence-electron chi connectivity index (χ2n) is 4.40. The third-order valence-corrected chi connectivity index (χ3v) is 5.82. The van der Waals surface area contributed by atoms with E-state index in [-0.39, 0.29) is 10.9 Å². The van der Waals surface area contributed by atoms with Crippen molar-refractivity contribution >= 4 is 30.2 Å². The van der Waals surface area contributed by atoms with Crippen molar-refractivity contribution < 1.29 is 23.1 Å². The van der Waals surface area contributed by atoms with Gasteiger partial charge in [-0.25, -0.2) is 9.78 Å². The van der Waals surface area contributed by atoms with E-state index in [9.17, 15) is 9.36 Å². The van der Waals surface area contributed by atoms with Crippen LogP contribution in [0.5, 0.6) is 0 Å². The molecule has 0 saturated heterocycles. The number of benzene rings is 1. The summed E-state index contributed by atoms with van der Waals surface area (Å²) in [6, 6.07) is 4.74. The molecule has 0 saturated carbocycles. The number of nitrogens with zero attached hydrogens (tertiary/aromatic N) is 1. The summed E-state index contributed by atoms with van der Waals surface area (Å²) in [4.78, 5) is 17.2. The molecule has 0 aliphatic carbocycles. The summed E-state index contributed by atoms with van der Waals surface area (Å²) in [7, 11) is 0.392. The lowest BCUT2D eigenvalue weighted by Gasteiger charge is -2.15. The molecular formula is C14H16NO5PS. The normalized spacial score (nSPS) is 11.5. The Balaban J connectivity index is 2.64. The van der Waals surface area contributed by atoms with E-state index in [0.29, 0.717) is 10.6 Å². The zero-order valence-electron chi connectivity index (χ0n) is 12.7. The Morgan fingerprint density at radius 2 is 1.86 bits per heavy atom. The van der Waals surface area contributed by atoms with Crippen LogP contribution in [0.2, 0.25) is 0 Å². The van der Waals surface area contributed by atoms with Gasteiger partial charge in [-0.3, -0.25) is 4.57 Å². The molecule has 1 aromatic heterocycles. The number of rotatable bonds is 5. The minimum atomic E-state index is -3.48. The summed E-state index contributed by atoms with van der Waals surface area (Å²) in [6.07, 6.45) is 1.73. The van der Waals surface area contributed by atoms with Crippen molar-refractivity contribution in [2.75, 3.05) is 21.3 Å². The molecule has 0 fully saturated rings. The van der Waals surface area contributed by atoms with Gasteiger partial charge in [0.2, 0.25) is 0 Å². The number of aryl methyl sites for hydroxylation is 1. The molecule has 0 amide bonds. The summed E-state index contributed by atoms with van der Waals surface area (Å²) < 4.78 is 27.3. The predicted octanol–water partition coefficient (Wildman–Crippen LogP) is 3.02. The number of thiazole rings is 1. The summed E-state index contributed by atoms with van der Waals surface area (Å²) in [5.74, 6) is -0.532. The Kier molecular flexibility index (Phi) is 5.13. The quantitative estimate of drug-likeness (QED) is 0.615. The summed E-state index contributed by atoms with van der Waals surface area (Å²) in [5, 5.41) is 0.992. The van der Waals surface area contributed by atoms with Crippen LogP contribution in [0.25, 0.3) is 10.6 Å². The highest BCUT2D eigenvalue weighted by molar-refractivity contribution is 7.62. The molecule has 0 aliphatic rings. The maximum Gasteiger partial charge on any atom is 0.360 e. The molecule has 1 heterocycles. The first kappa shape index (κ1) is 16.8. The third-order valence-electron chi connectivity index (χ3n) is 3.00. The Labute approximate surface area is 132 Å². The number of ether oxygens (including phenoxy) is 1. The molecule has 0 bridgehead atoms. The highest BCUT2D eigenvalue weighted by Crippen LogP contribution is 2.46. The zero-order chi connectivity index (χ0) is 16.3. The molecule has 0 spiro atoms. The van der Waals surface area contributed by atoms with Gasteiger partial charge in [-0.1, -0.05) is 0 Å². The molecule has 6 nitrogen and oxygen atoms in total. The first-order valence-corrected chi connectivity index (χ1v) is 8.67. The zero-order valence-corrected chi connectivity index (χ0v) is 14.4. The molecule has 1 aromatic carbocycles. The number of methoxy groups -OCH3 is 1. The minimum Gasteiger partial charge on any atom is -0.465 e. The van der Waals surface area contributed by atoms with Crippen molar-refractivity contribution in [3.8, 4) is 10.6 Å². The van der Waals surface area contributed by atoms with Crippen LogP contribution in [-0.4, -0.2) is 32.3 Å². The van der Waals surface area contributed by atoms with Gasteiger partial charge in [0.1, 0.15) is 5.01 Å². The second kappa shape index (κ2) is 6.71. The van der Waals surface area contributed by atoms with E-state index in [1.807, 2.05) is 6.92 Å². The van der Waals surface area contributed by atoms with Crippen LogP contribution in [0.3, 0.4) is 0 Å². The predicted molar refractivity (Wildman–Crippen MR) is 84.9 cm³/mol. The van der Waals surface area contributed by atoms with Gasteiger partial charge in [-0.05, 0) is 25.1 Å². The van der Waals surface area contributed by atoms with Crippen LogP contribution in [0.1, 0.15) is 15.2 Å². The maximum atomic E-state index is 12.6. The first-order chi connectivity index (χ1) is 10.4. The van der Waals surface area contributed by atoms with Crippen LogP contribution in [-0.2, 0) is 18.3 Å². The standard InChI is InChI=1S/C14H16NO5PS/c1-9-8-15-13(22-9)10-5-11(14(16)18-2)7-12(6-10)21(17,19-3)20-4/h5-8H,1-4H3. The molecule has 118 valence electrons. The fourth-order valence-electron chi connectivity index (χ4n) is 1.90. The Bertz CT molecular complexity index is 735. The van der Waals surface area contributed by atoms with E-state index < -0.39 is 13.6 Å². The van der Waals surface area contributed by atoms with Gasteiger partial charge < -0.3 is 13.8 Å². The Morgan fingerprint density at radius 3 is 2.36 bits per heavy atom. The fourth-order valence-corrected chi connectivity index (χ4v) is 3.82. The average Bonchev–Trinajstić information content (AvgIpc) is 2.99. The Morgan fingerprint density at radius 1 is 1.18 bits per heavy atom. The molecule has 0 unspecified atom stereocenters. The van der Waals surface area contributed by atoms with Gasteiger partial charge in [0, 0.05) is 30.9 Å². The summed E-state index contributed by atoms with van der Waals surface area (Å²) in [5.41, 5.74) is 0.919. The minimum absolute atomic E-state index is 0.261. The van der Waals surface area contributed by atoms with Crippen LogP contribution >= 0.6 is 18.9 Å². The van der Waals surface area contributed by atoms with E-state index in [2.05, 4.69) is 4.98 Å². The van der Waals surface area contributed by atoms with E-state index in [4.69, 9.17) is 13.8 Å². The largest absolute Gasteiger partial charge is 0.465 e. The SMILES string of the molecule is COC(=O)c1cc(-c2ncc(C)s2)cc(P(=O)(OC)OC)c1. The third kappa shape index (κ3) is 3.28. The van der Waals surface area contributed by atoms with Crippen LogP contribution in [0.15, 0.2) is 24.4 Å². The smallest absolute Gasteiger partial charge is 0.360 e. The number of hydrogen-bond acceptors (Lipinski definition) is 7. The molecule has 2 rings (SSSR count). The lowest BCUT2D eigenvalue weighted by molar-refractivity contribution is 0.0601. The summed E-state index contributed by atoms with van der Waals surface area (Å²) in [6.45, 7) is 1.93. The molecule has 0 atom stereocenters. The van der Waals surface area contributed by atoms with Crippen LogP contribution in [0, 0.1) is 6.92 Å². The van der Waals surface area contributed by atoms with E-state index >= 15 is 0 Å². The number of esters is 1. The van der Waals surface area contributed by atoms with Crippen molar-refractivity contribution in [2.24, 2.45) is 0 Å². The molecule has 8 heteroatoms. The number of carbonyl (C=O) groups is 1. The molecule has 0 aliphatic heterocycles. The van der Waals surface area contributed by atoms with Crippen LogP contribution < -0.4 is 5.30 Å². The van der Waals surface area contributed by atoms with Gasteiger partial charge in [0.25, 0.3) is 0 Å². The van der Waals surface area contributed by atoms with Crippen molar-refractivity contribution in [1.82, 2.24) is 4.98 Å². The Hall–Kier alpha value is -1.53. The second-order valence-corrected chi connectivity index (χ2v) is 7.88. The van der Waals surface area contributed by atoms with E-state index in [1.165, 1.54) is 38.7 Å². The van der Waals surface area contributed by atoms with Gasteiger partial charge in [0.15, 0.2) is 0 Å². The van der Waals surface area contributed by atoms with Gasteiger partial charge in [0.05, 0.1) is 18.0 Å². The van der Waals surface area contributed by atoms with E-state index in [1.54, 1.807) is 18.3 Å². The number of hydrogen-bond donors (Lipinski definition) is 0. The van der Waals surface area contributed by atoms with Gasteiger partial charge in [-0.2, -0.15) is 0 Å². The molecule has 22 heavy (non-hydrogen) atoms. The molecule has 0 radical (unpaired) electrons. The topological polar surface area (TPSA) is 74.7 Å². The average molecular weight is 341 g/mol. The monoisotopic (exact) mass is 341 g/mol. The van der Waals surface area contributed by atoms with Gasteiger partial charge in [-0.15, -0.1) is 11.3 Å². The first-order valence-electron chi connectivity index (χ1n) is 6.32. The van der Waals surface area contributed by atoms with Crippen molar-refractivity contribution in [2.45, 2.75) is 6.92 Å². The number of carbonyl (C=O) groups excluding carboxylic acids is 1. The lowest BCUT2D eigenvalue weighted by Crippen LogP contribution is -2.12. The van der Waals surface area contributed by atoms with Crippen molar-refractivity contribution in [3.63, 3.8) is 0 Å². The summed E-state index contributed by atoms with van der Waals surface area (Å²) >= 11 is 1.47.